The number of amides is 1. The van der Waals surface area contributed by atoms with Gasteiger partial charge in [-0.2, -0.15) is 0 Å². The zero-order chi connectivity index (χ0) is 21.2. The van der Waals surface area contributed by atoms with Crippen molar-refractivity contribution in [2.75, 3.05) is 26.0 Å². The van der Waals surface area contributed by atoms with E-state index in [-0.39, 0.29) is 17.1 Å². The van der Waals surface area contributed by atoms with Gasteiger partial charge in [-0.05, 0) is 69.4 Å². The number of hydrogen-bond donors (Lipinski definition) is 0. The van der Waals surface area contributed by atoms with E-state index in [4.69, 9.17) is 9.47 Å². The predicted molar refractivity (Wildman–Crippen MR) is 107 cm³/mol. The zero-order valence-corrected chi connectivity index (χ0v) is 18.1. The molecule has 1 aliphatic carbocycles. The smallest absolute Gasteiger partial charge is 0.410 e. The summed E-state index contributed by atoms with van der Waals surface area (Å²) in [7, 11) is -3.57. The van der Waals surface area contributed by atoms with Gasteiger partial charge in [0.05, 0.1) is 12.7 Å². The van der Waals surface area contributed by atoms with Gasteiger partial charge in [-0.25, -0.2) is 17.6 Å². The Hall–Kier alpha value is -1.83. The summed E-state index contributed by atoms with van der Waals surface area (Å²) in [6.45, 7) is 5.70. The molecule has 2 atom stereocenters. The Morgan fingerprint density at radius 3 is 2.55 bits per heavy atom. The maximum Gasteiger partial charge on any atom is 0.410 e. The SMILES string of the molecule is CC(C)OC(=O)N1CCC([C@H]2C[C@H]2CCOc2ccc(S(C)(=O)=O)c(F)c2)CC1. The Kier molecular flexibility index (Phi) is 6.71. The molecule has 0 unspecified atom stereocenters. The molecule has 1 saturated heterocycles. The van der Waals surface area contributed by atoms with E-state index in [1.807, 2.05) is 13.8 Å². The van der Waals surface area contributed by atoms with Gasteiger partial charge in [0.15, 0.2) is 9.84 Å². The van der Waals surface area contributed by atoms with Gasteiger partial charge in [0.1, 0.15) is 16.5 Å². The summed E-state index contributed by atoms with van der Waals surface area (Å²) in [5, 5.41) is 0. The summed E-state index contributed by atoms with van der Waals surface area (Å²) in [6.07, 6.45) is 4.76. The van der Waals surface area contributed by atoms with Crippen LogP contribution in [0.3, 0.4) is 0 Å². The van der Waals surface area contributed by atoms with E-state index in [1.165, 1.54) is 18.6 Å². The highest BCUT2D eigenvalue weighted by Crippen LogP contribution is 2.49. The average Bonchev–Trinajstić information content (AvgIpc) is 3.40. The third kappa shape index (κ3) is 5.84. The third-order valence-electron chi connectivity index (χ3n) is 5.78. The lowest BCUT2D eigenvalue weighted by Crippen LogP contribution is -2.40. The van der Waals surface area contributed by atoms with E-state index in [2.05, 4.69) is 0 Å². The molecule has 0 aromatic heterocycles. The molecule has 3 rings (SSSR count). The number of ether oxygens (including phenoxy) is 2. The molecular formula is C21H30FNO5S. The van der Waals surface area contributed by atoms with E-state index >= 15 is 0 Å². The molecule has 1 aliphatic heterocycles. The van der Waals surface area contributed by atoms with Gasteiger partial charge in [0.2, 0.25) is 0 Å². The lowest BCUT2D eigenvalue weighted by atomic mass is 9.91. The lowest BCUT2D eigenvalue weighted by molar-refractivity contribution is 0.0633. The summed E-state index contributed by atoms with van der Waals surface area (Å²) < 4.78 is 47.7. The first-order valence-electron chi connectivity index (χ1n) is 10.2. The number of nitrogens with zero attached hydrogens (tertiary/aromatic N) is 1. The highest BCUT2D eigenvalue weighted by molar-refractivity contribution is 7.90. The lowest BCUT2D eigenvalue weighted by Gasteiger charge is -2.32. The van der Waals surface area contributed by atoms with E-state index < -0.39 is 15.7 Å². The topological polar surface area (TPSA) is 72.9 Å². The minimum absolute atomic E-state index is 0.0934. The molecule has 6 nitrogen and oxygen atoms in total. The maximum absolute atomic E-state index is 13.9. The van der Waals surface area contributed by atoms with Gasteiger partial charge in [-0.3, -0.25) is 0 Å². The van der Waals surface area contributed by atoms with Crippen LogP contribution in [0.5, 0.6) is 5.75 Å². The van der Waals surface area contributed by atoms with Crippen molar-refractivity contribution in [2.24, 2.45) is 17.8 Å². The van der Waals surface area contributed by atoms with Crippen LogP contribution in [0.1, 0.15) is 39.5 Å². The largest absolute Gasteiger partial charge is 0.493 e. The summed E-state index contributed by atoms with van der Waals surface area (Å²) in [4.78, 5) is 13.5. The fourth-order valence-electron chi connectivity index (χ4n) is 4.17. The number of halogens is 1. The first-order valence-corrected chi connectivity index (χ1v) is 12.1. The second kappa shape index (κ2) is 8.90. The number of piperidine rings is 1. The molecule has 2 aliphatic rings. The summed E-state index contributed by atoms with van der Waals surface area (Å²) in [5.41, 5.74) is 0. The number of sulfone groups is 1. The van der Waals surface area contributed by atoms with Crippen LogP contribution in [0.4, 0.5) is 9.18 Å². The normalized spacial score (nSPS) is 22.6. The molecule has 1 saturated carbocycles. The quantitative estimate of drug-likeness (QED) is 0.660. The van der Waals surface area contributed by atoms with Crippen molar-refractivity contribution in [3.8, 4) is 5.75 Å². The van der Waals surface area contributed by atoms with Gasteiger partial charge < -0.3 is 14.4 Å². The van der Waals surface area contributed by atoms with Gasteiger partial charge in [0.25, 0.3) is 0 Å². The van der Waals surface area contributed by atoms with Gasteiger partial charge in [0, 0.05) is 25.4 Å². The van der Waals surface area contributed by atoms with Gasteiger partial charge in [-0.1, -0.05) is 0 Å². The molecule has 0 radical (unpaired) electrons. The second-order valence-electron chi connectivity index (χ2n) is 8.42. The highest BCUT2D eigenvalue weighted by atomic mass is 32.2. The molecule has 2 fully saturated rings. The molecule has 1 heterocycles. The van der Waals surface area contributed by atoms with Crippen molar-refractivity contribution in [1.82, 2.24) is 4.90 Å². The molecular weight excluding hydrogens is 397 g/mol. The van der Waals surface area contributed by atoms with Gasteiger partial charge in [-0.15, -0.1) is 0 Å². The second-order valence-corrected chi connectivity index (χ2v) is 10.4. The first kappa shape index (κ1) is 21.9. The van der Waals surface area contributed by atoms with Crippen LogP contribution in [0.15, 0.2) is 23.1 Å². The number of hydrogen-bond acceptors (Lipinski definition) is 5. The average molecular weight is 428 g/mol. The molecule has 8 heteroatoms. The number of benzene rings is 1. The molecule has 1 amide bonds. The molecule has 0 spiro atoms. The summed E-state index contributed by atoms with van der Waals surface area (Å²) in [5.74, 6) is 1.48. The fourth-order valence-corrected chi connectivity index (χ4v) is 4.90. The number of likely N-dealkylation sites (tertiary alicyclic amines) is 1. The van der Waals surface area contributed by atoms with Gasteiger partial charge >= 0.3 is 6.09 Å². The van der Waals surface area contributed by atoms with Crippen molar-refractivity contribution in [2.45, 2.75) is 50.5 Å². The zero-order valence-electron chi connectivity index (χ0n) is 17.3. The van der Waals surface area contributed by atoms with Crippen LogP contribution in [-0.2, 0) is 14.6 Å². The first-order chi connectivity index (χ1) is 13.6. The van der Waals surface area contributed by atoms with Crippen molar-refractivity contribution in [3.63, 3.8) is 0 Å². The maximum atomic E-state index is 13.9. The molecule has 0 bridgehead atoms. The Morgan fingerprint density at radius 2 is 1.97 bits per heavy atom. The van der Waals surface area contributed by atoms with Crippen molar-refractivity contribution >= 4 is 15.9 Å². The van der Waals surface area contributed by atoms with Crippen LogP contribution in [0.25, 0.3) is 0 Å². The molecule has 29 heavy (non-hydrogen) atoms. The minimum atomic E-state index is -3.57. The Bertz CT molecular complexity index is 833. The molecule has 162 valence electrons. The standard InChI is InChI=1S/C21H30FNO5S/c1-14(2)28-21(24)23-9-6-15(7-10-23)18-12-16(18)8-11-27-17-4-5-20(19(22)13-17)29(3,25)26/h4-5,13-16,18H,6-12H2,1-3H3/t16-,18-/m1/s1. The highest BCUT2D eigenvalue weighted by Gasteiger charge is 2.43. The third-order valence-corrected chi connectivity index (χ3v) is 6.91. The van der Waals surface area contributed by atoms with E-state index in [1.54, 1.807) is 4.90 Å². The summed E-state index contributed by atoms with van der Waals surface area (Å²) >= 11 is 0. The van der Waals surface area contributed by atoms with Crippen LogP contribution >= 0.6 is 0 Å². The van der Waals surface area contributed by atoms with E-state index in [0.29, 0.717) is 30.1 Å². The molecule has 1 aromatic rings. The molecule has 0 N–H and O–H groups in total. The monoisotopic (exact) mass is 427 g/mol. The summed E-state index contributed by atoms with van der Waals surface area (Å²) in [6, 6.07) is 3.88. The Balaban J connectivity index is 1.38. The van der Waals surface area contributed by atoms with E-state index in [0.717, 1.165) is 44.7 Å². The van der Waals surface area contributed by atoms with Crippen LogP contribution in [0.2, 0.25) is 0 Å². The van der Waals surface area contributed by atoms with Crippen molar-refractivity contribution < 1.29 is 27.1 Å². The van der Waals surface area contributed by atoms with Crippen molar-refractivity contribution in [1.29, 1.82) is 0 Å². The molecule has 1 aromatic carbocycles. The van der Waals surface area contributed by atoms with Crippen molar-refractivity contribution in [3.05, 3.63) is 24.0 Å². The van der Waals surface area contributed by atoms with Crippen LogP contribution in [-0.4, -0.2) is 51.5 Å². The number of carbonyl (C=O) groups excluding carboxylic acids is 1. The number of rotatable bonds is 7. The Labute approximate surface area is 172 Å². The Morgan fingerprint density at radius 1 is 1.28 bits per heavy atom. The van der Waals surface area contributed by atoms with E-state index in [9.17, 15) is 17.6 Å². The fraction of sp³-hybridized carbons (Fsp3) is 0.667. The predicted octanol–water partition coefficient (Wildman–Crippen LogP) is 3.89. The number of carbonyl (C=O) groups is 1. The van der Waals surface area contributed by atoms with Crippen LogP contribution < -0.4 is 4.74 Å². The van der Waals surface area contributed by atoms with Crippen LogP contribution in [0, 0.1) is 23.6 Å². The minimum Gasteiger partial charge on any atom is -0.493 e.